The number of ether oxygens (including phenoxy) is 1. The predicted molar refractivity (Wildman–Crippen MR) is 102 cm³/mol. The highest BCUT2D eigenvalue weighted by molar-refractivity contribution is 5.82. The van der Waals surface area contributed by atoms with E-state index in [4.69, 9.17) is 4.74 Å². The van der Waals surface area contributed by atoms with Crippen molar-refractivity contribution in [1.29, 1.82) is 0 Å². The van der Waals surface area contributed by atoms with Gasteiger partial charge in [-0.2, -0.15) is 0 Å². The number of hydrogen-bond donors (Lipinski definition) is 3. The molecule has 0 saturated heterocycles. The van der Waals surface area contributed by atoms with Crippen molar-refractivity contribution in [2.24, 2.45) is 0 Å². The van der Waals surface area contributed by atoms with Crippen LogP contribution in [0.2, 0.25) is 0 Å². The van der Waals surface area contributed by atoms with Crippen molar-refractivity contribution < 1.29 is 19.4 Å². The van der Waals surface area contributed by atoms with Crippen molar-refractivity contribution in [2.75, 3.05) is 0 Å². The molecule has 3 atom stereocenters. The minimum Gasteiger partial charge on any atom is -0.444 e. The zero-order chi connectivity index (χ0) is 19.7. The Kier molecular flexibility index (Phi) is 8.58. The first-order valence-electron chi connectivity index (χ1n) is 9.17. The molecular formula is C20H32N2O4. The number of benzene rings is 1. The smallest absolute Gasteiger partial charge is 0.407 e. The summed E-state index contributed by atoms with van der Waals surface area (Å²) in [4.78, 5) is 24.5. The molecule has 26 heavy (non-hydrogen) atoms. The van der Waals surface area contributed by atoms with Crippen molar-refractivity contribution in [1.82, 2.24) is 10.6 Å². The lowest BCUT2D eigenvalue weighted by molar-refractivity contribution is -0.131. The zero-order valence-electron chi connectivity index (χ0n) is 16.4. The number of amides is 2. The Morgan fingerprint density at radius 3 is 2.31 bits per heavy atom. The lowest BCUT2D eigenvalue weighted by atomic mass is 10.0. The van der Waals surface area contributed by atoms with Crippen molar-refractivity contribution in [3.63, 3.8) is 0 Å². The molecule has 1 aromatic carbocycles. The first-order valence-corrected chi connectivity index (χ1v) is 9.17. The van der Waals surface area contributed by atoms with Crippen molar-refractivity contribution in [2.45, 2.75) is 77.7 Å². The van der Waals surface area contributed by atoms with Gasteiger partial charge in [-0.1, -0.05) is 50.1 Å². The van der Waals surface area contributed by atoms with Gasteiger partial charge in [0.25, 0.3) is 5.91 Å². The van der Waals surface area contributed by atoms with Crippen LogP contribution in [-0.2, 0) is 9.53 Å². The standard InChI is InChI=1S/C20H32N2O4/c1-6-7-13-16(22-19(25)26-20(3,4)5)17(23)18(24)21-14(2)15-11-9-8-10-12-15/h8-12,14,16-17,23H,6-7,13H2,1-5H3,(H,21,24)(H,22,25)/t14-,16?,17-/m0/s1. The Hall–Kier alpha value is -2.08. The molecular weight excluding hydrogens is 332 g/mol. The number of aliphatic hydroxyl groups excluding tert-OH is 1. The largest absolute Gasteiger partial charge is 0.444 e. The van der Waals surface area contributed by atoms with Gasteiger partial charge in [0.05, 0.1) is 12.1 Å². The average Bonchev–Trinajstić information content (AvgIpc) is 2.57. The lowest BCUT2D eigenvalue weighted by Crippen LogP contribution is -2.51. The van der Waals surface area contributed by atoms with Gasteiger partial charge in [0.2, 0.25) is 0 Å². The van der Waals surface area contributed by atoms with Crippen LogP contribution >= 0.6 is 0 Å². The molecule has 0 spiro atoms. The number of alkyl carbamates (subject to hydrolysis) is 1. The number of carbonyl (C=O) groups is 2. The second-order valence-electron chi connectivity index (χ2n) is 7.48. The van der Waals surface area contributed by atoms with Gasteiger partial charge in [-0.05, 0) is 39.7 Å². The van der Waals surface area contributed by atoms with E-state index in [9.17, 15) is 14.7 Å². The second kappa shape index (κ2) is 10.2. The Balaban J connectivity index is 2.72. The van der Waals surface area contributed by atoms with Gasteiger partial charge in [-0.25, -0.2) is 4.79 Å². The van der Waals surface area contributed by atoms with E-state index in [1.165, 1.54) is 0 Å². The molecule has 2 amide bonds. The van der Waals surface area contributed by atoms with E-state index in [1.54, 1.807) is 20.8 Å². The first-order chi connectivity index (χ1) is 12.1. The molecule has 0 aliphatic rings. The van der Waals surface area contributed by atoms with E-state index in [0.29, 0.717) is 6.42 Å². The van der Waals surface area contributed by atoms with Crippen LogP contribution in [0, 0.1) is 0 Å². The van der Waals surface area contributed by atoms with Crippen LogP contribution < -0.4 is 10.6 Å². The van der Waals surface area contributed by atoms with Crippen molar-refractivity contribution >= 4 is 12.0 Å². The van der Waals surface area contributed by atoms with Crippen LogP contribution in [0.25, 0.3) is 0 Å². The summed E-state index contributed by atoms with van der Waals surface area (Å²) >= 11 is 0. The average molecular weight is 364 g/mol. The minimum absolute atomic E-state index is 0.244. The maximum absolute atomic E-state index is 12.4. The van der Waals surface area contributed by atoms with Gasteiger partial charge in [-0.3, -0.25) is 4.79 Å². The molecule has 1 aromatic rings. The maximum Gasteiger partial charge on any atom is 0.407 e. The van der Waals surface area contributed by atoms with Crippen molar-refractivity contribution in [3.05, 3.63) is 35.9 Å². The van der Waals surface area contributed by atoms with Crippen molar-refractivity contribution in [3.8, 4) is 0 Å². The summed E-state index contributed by atoms with van der Waals surface area (Å²) in [6.07, 6.45) is 0.173. The predicted octanol–water partition coefficient (Wildman–Crippen LogP) is 3.31. The van der Waals surface area contributed by atoms with E-state index in [0.717, 1.165) is 18.4 Å². The van der Waals surface area contributed by atoms with Gasteiger partial charge >= 0.3 is 6.09 Å². The summed E-state index contributed by atoms with van der Waals surface area (Å²) in [5.74, 6) is -0.515. The number of hydrogen-bond acceptors (Lipinski definition) is 4. The number of aliphatic hydroxyl groups is 1. The van der Waals surface area contributed by atoms with Gasteiger partial charge < -0.3 is 20.5 Å². The number of carbonyl (C=O) groups excluding carboxylic acids is 2. The van der Waals surface area contributed by atoms with Crippen LogP contribution in [0.15, 0.2) is 30.3 Å². The van der Waals surface area contributed by atoms with E-state index in [-0.39, 0.29) is 6.04 Å². The number of unbranched alkanes of at least 4 members (excludes halogenated alkanes) is 1. The van der Waals surface area contributed by atoms with Gasteiger partial charge in [0.15, 0.2) is 6.10 Å². The highest BCUT2D eigenvalue weighted by atomic mass is 16.6. The molecule has 3 N–H and O–H groups in total. The van der Waals surface area contributed by atoms with Gasteiger partial charge in [0, 0.05) is 0 Å². The minimum atomic E-state index is -1.35. The summed E-state index contributed by atoms with van der Waals surface area (Å²) in [5, 5.41) is 15.9. The molecule has 1 rings (SSSR count). The van der Waals surface area contributed by atoms with Crippen LogP contribution in [0.5, 0.6) is 0 Å². The van der Waals surface area contributed by atoms with Crippen LogP contribution in [-0.4, -0.2) is 34.9 Å². The Labute approximate surface area is 156 Å². The number of nitrogens with one attached hydrogen (secondary N) is 2. The zero-order valence-corrected chi connectivity index (χ0v) is 16.4. The molecule has 6 nitrogen and oxygen atoms in total. The third-order valence-electron chi connectivity index (χ3n) is 3.88. The first kappa shape index (κ1) is 22.0. The highest BCUT2D eigenvalue weighted by Gasteiger charge is 2.29. The third-order valence-corrected chi connectivity index (χ3v) is 3.88. The van der Waals surface area contributed by atoms with Gasteiger partial charge in [-0.15, -0.1) is 0 Å². The topological polar surface area (TPSA) is 87.7 Å². The fourth-order valence-corrected chi connectivity index (χ4v) is 2.50. The number of rotatable bonds is 8. The summed E-state index contributed by atoms with van der Waals surface area (Å²) in [6.45, 7) is 9.14. The normalized spacial score (nSPS) is 14.8. The molecule has 0 aliphatic carbocycles. The van der Waals surface area contributed by atoms with E-state index in [1.807, 2.05) is 44.2 Å². The van der Waals surface area contributed by atoms with Crippen LogP contribution in [0.4, 0.5) is 4.79 Å². The molecule has 0 fully saturated rings. The summed E-state index contributed by atoms with van der Waals surface area (Å²) in [5.41, 5.74) is 0.298. The Morgan fingerprint density at radius 2 is 1.77 bits per heavy atom. The van der Waals surface area contributed by atoms with E-state index < -0.39 is 29.7 Å². The Morgan fingerprint density at radius 1 is 1.15 bits per heavy atom. The lowest BCUT2D eigenvalue weighted by Gasteiger charge is -2.27. The molecule has 146 valence electrons. The van der Waals surface area contributed by atoms with E-state index in [2.05, 4.69) is 10.6 Å². The second-order valence-corrected chi connectivity index (χ2v) is 7.48. The Bertz CT molecular complexity index is 569. The molecule has 0 aromatic heterocycles. The van der Waals surface area contributed by atoms with E-state index >= 15 is 0 Å². The summed E-state index contributed by atoms with van der Waals surface area (Å²) in [6, 6.07) is 8.55. The highest BCUT2D eigenvalue weighted by Crippen LogP contribution is 2.14. The fourth-order valence-electron chi connectivity index (χ4n) is 2.50. The summed E-state index contributed by atoms with van der Waals surface area (Å²) < 4.78 is 5.24. The summed E-state index contributed by atoms with van der Waals surface area (Å²) in [7, 11) is 0. The monoisotopic (exact) mass is 364 g/mol. The van der Waals surface area contributed by atoms with Gasteiger partial charge in [0.1, 0.15) is 5.60 Å². The molecule has 0 heterocycles. The molecule has 1 unspecified atom stereocenters. The molecule has 0 aliphatic heterocycles. The molecule has 0 radical (unpaired) electrons. The SMILES string of the molecule is CCCCC(NC(=O)OC(C)(C)C)[C@H](O)C(=O)N[C@@H](C)c1ccccc1. The molecule has 6 heteroatoms. The van der Waals surface area contributed by atoms with Crippen LogP contribution in [0.3, 0.4) is 0 Å². The molecule has 0 saturated carbocycles. The quantitative estimate of drug-likeness (QED) is 0.660. The third kappa shape index (κ3) is 7.87. The maximum atomic E-state index is 12.4. The van der Waals surface area contributed by atoms with Crippen LogP contribution in [0.1, 0.15) is 65.5 Å². The molecule has 0 bridgehead atoms. The fraction of sp³-hybridized carbons (Fsp3) is 0.600.